The van der Waals surface area contributed by atoms with E-state index in [1.54, 1.807) is 12.4 Å². The second kappa shape index (κ2) is 10.0. The number of nitrogens with zero attached hydrogens (tertiary/aromatic N) is 6. The fraction of sp³-hybridized carbons (Fsp3) is 0.429. The van der Waals surface area contributed by atoms with Gasteiger partial charge in [0.05, 0.1) is 23.0 Å². The molecule has 4 heterocycles. The number of hydrogen-bond acceptors (Lipinski definition) is 6. The first-order valence-corrected chi connectivity index (χ1v) is 12.8. The highest BCUT2D eigenvalue weighted by molar-refractivity contribution is 5.95. The van der Waals surface area contributed by atoms with Crippen LogP contribution in [0.1, 0.15) is 39.2 Å². The van der Waals surface area contributed by atoms with Gasteiger partial charge in [0.1, 0.15) is 11.9 Å². The Hall–Kier alpha value is -3.86. The molecule has 0 spiro atoms. The lowest BCUT2D eigenvalue weighted by Gasteiger charge is -2.45. The van der Waals surface area contributed by atoms with Crippen LogP contribution in [0.25, 0.3) is 10.9 Å². The lowest BCUT2D eigenvalue weighted by atomic mass is 9.99. The standard InChI is InChI=1S/C28H33N7O/c1-19-10-13-33(14-11-19)26-9-7-23(16-31-26)32-28(36)35-18-20(2)34(17-21(35)3)25-8-6-22(15-29)27-24(25)5-4-12-30-27/h4-9,12,16,19-21H,10-11,13-14,17-18H2,1-3H3,(H,32,36)/t20-,21+/m0/s1. The fourth-order valence-electron chi connectivity index (χ4n) is 5.32. The van der Waals surface area contributed by atoms with Crippen molar-refractivity contribution in [2.75, 3.05) is 41.3 Å². The molecule has 3 aromatic rings. The zero-order valence-electron chi connectivity index (χ0n) is 21.2. The quantitative estimate of drug-likeness (QED) is 0.572. The number of urea groups is 1. The van der Waals surface area contributed by atoms with Gasteiger partial charge in [-0.3, -0.25) is 4.98 Å². The van der Waals surface area contributed by atoms with Gasteiger partial charge in [0, 0.05) is 55.5 Å². The molecule has 186 valence electrons. The first-order chi connectivity index (χ1) is 17.4. The molecule has 1 N–H and O–H groups in total. The molecule has 2 amide bonds. The number of benzene rings is 1. The summed E-state index contributed by atoms with van der Waals surface area (Å²) < 4.78 is 0. The highest BCUT2D eigenvalue weighted by atomic mass is 16.2. The molecule has 36 heavy (non-hydrogen) atoms. The summed E-state index contributed by atoms with van der Waals surface area (Å²) in [6, 6.07) is 13.9. The molecule has 2 aromatic heterocycles. The van der Waals surface area contributed by atoms with Crippen LogP contribution in [0.2, 0.25) is 0 Å². The van der Waals surface area contributed by atoms with Crippen LogP contribution in [-0.4, -0.2) is 59.2 Å². The Bertz CT molecular complexity index is 1280. The number of carbonyl (C=O) groups excluding carboxylic acids is 1. The van der Waals surface area contributed by atoms with Crippen molar-refractivity contribution in [1.29, 1.82) is 5.26 Å². The van der Waals surface area contributed by atoms with Gasteiger partial charge in [0.2, 0.25) is 0 Å². The highest BCUT2D eigenvalue weighted by Crippen LogP contribution is 2.32. The Morgan fingerprint density at radius 1 is 1.03 bits per heavy atom. The molecule has 2 aliphatic rings. The van der Waals surface area contributed by atoms with Gasteiger partial charge in [0.25, 0.3) is 0 Å². The number of hydrogen-bond donors (Lipinski definition) is 1. The predicted octanol–water partition coefficient (Wildman–Crippen LogP) is 4.87. The van der Waals surface area contributed by atoms with Crippen LogP contribution >= 0.6 is 0 Å². The van der Waals surface area contributed by atoms with Crippen molar-refractivity contribution in [3.05, 3.63) is 54.4 Å². The number of nitrogens with one attached hydrogen (secondary N) is 1. The third-order valence-corrected chi connectivity index (χ3v) is 7.53. The number of nitriles is 1. The van der Waals surface area contributed by atoms with E-state index in [1.165, 1.54) is 12.8 Å². The molecule has 2 aliphatic heterocycles. The molecule has 2 atom stereocenters. The maximum atomic E-state index is 13.2. The van der Waals surface area contributed by atoms with Gasteiger partial charge in [-0.2, -0.15) is 5.26 Å². The van der Waals surface area contributed by atoms with Gasteiger partial charge in [0.15, 0.2) is 0 Å². The van der Waals surface area contributed by atoms with E-state index < -0.39 is 0 Å². The van der Waals surface area contributed by atoms with E-state index in [9.17, 15) is 10.1 Å². The summed E-state index contributed by atoms with van der Waals surface area (Å²) in [4.78, 5) is 28.8. The number of aromatic nitrogens is 2. The van der Waals surface area contributed by atoms with Crippen LogP contribution in [0.5, 0.6) is 0 Å². The molecular formula is C28H33N7O. The van der Waals surface area contributed by atoms with Crippen molar-refractivity contribution in [1.82, 2.24) is 14.9 Å². The topological polar surface area (TPSA) is 88.4 Å². The summed E-state index contributed by atoms with van der Waals surface area (Å²) in [6.45, 7) is 9.84. The second-order valence-electron chi connectivity index (χ2n) is 10.2. The molecule has 8 nitrogen and oxygen atoms in total. The highest BCUT2D eigenvalue weighted by Gasteiger charge is 2.33. The summed E-state index contributed by atoms with van der Waals surface area (Å²) >= 11 is 0. The summed E-state index contributed by atoms with van der Waals surface area (Å²) in [7, 11) is 0. The minimum atomic E-state index is -0.110. The van der Waals surface area contributed by atoms with Crippen LogP contribution in [-0.2, 0) is 0 Å². The zero-order chi connectivity index (χ0) is 25.2. The van der Waals surface area contributed by atoms with E-state index in [0.717, 1.165) is 35.9 Å². The van der Waals surface area contributed by atoms with Crippen LogP contribution in [0.4, 0.5) is 22.0 Å². The number of piperidine rings is 1. The summed E-state index contributed by atoms with van der Waals surface area (Å²) in [6.07, 6.45) is 5.86. The van der Waals surface area contributed by atoms with Crippen molar-refractivity contribution in [3.8, 4) is 6.07 Å². The van der Waals surface area contributed by atoms with Crippen molar-refractivity contribution >= 4 is 34.1 Å². The molecular weight excluding hydrogens is 450 g/mol. The second-order valence-corrected chi connectivity index (χ2v) is 10.2. The molecule has 0 saturated carbocycles. The Kier molecular flexibility index (Phi) is 6.64. The molecule has 0 aliphatic carbocycles. The molecule has 5 rings (SSSR count). The summed E-state index contributed by atoms with van der Waals surface area (Å²) in [5.74, 6) is 1.75. The maximum absolute atomic E-state index is 13.2. The minimum absolute atomic E-state index is 0.00568. The number of rotatable bonds is 3. The largest absolute Gasteiger partial charge is 0.364 e. The lowest BCUT2D eigenvalue weighted by molar-refractivity contribution is 0.173. The van der Waals surface area contributed by atoms with Gasteiger partial charge in [-0.25, -0.2) is 9.78 Å². The van der Waals surface area contributed by atoms with Gasteiger partial charge in [-0.1, -0.05) is 6.92 Å². The third-order valence-electron chi connectivity index (χ3n) is 7.53. The van der Waals surface area contributed by atoms with Gasteiger partial charge in [-0.15, -0.1) is 0 Å². The third kappa shape index (κ3) is 4.66. The number of fused-ring (bicyclic) bond motifs is 1. The predicted molar refractivity (Wildman–Crippen MR) is 143 cm³/mol. The normalized spacial score (nSPS) is 20.9. The summed E-state index contributed by atoms with van der Waals surface area (Å²) in [5.41, 5.74) is 3.04. The van der Waals surface area contributed by atoms with E-state index in [4.69, 9.17) is 0 Å². The average molecular weight is 484 g/mol. The van der Waals surface area contributed by atoms with Crippen LogP contribution < -0.4 is 15.1 Å². The zero-order valence-corrected chi connectivity index (χ0v) is 21.2. The van der Waals surface area contributed by atoms with Gasteiger partial charge in [-0.05, 0) is 69.0 Å². The smallest absolute Gasteiger partial charge is 0.322 e. The Morgan fingerprint density at radius 3 is 2.56 bits per heavy atom. The Balaban J connectivity index is 1.26. The molecule has 0 bridgehead atoms. The fourth-order valence-corrected chi connectivity index (χ4v) is 5.32. The molecule has 2 fully saturated rings. The first-order valence-electron chi connectivity index (χ1n) is 12.8. The number of piperazine rings is 1. The molecule has 2 saturated heterocycles. The maximum Gasteiger partial charge on any atom is 0.322 e. The summed E-state index contributed by atoms with van der Waals surface area (Å²) in [5, 5.41) is 13.5. The number of amides is 2. The Morgan fingerprint density at radius 2 is 1.83 bits per heavy atom. The van der Waals surface area contributed by atoms with E-state index in [1.807, 2.05) is 41.3 Å². The van der Waals surface area contributed by atoms with Gasteiger partial charge < -0.3 is 20.0 Å². The minimum Gasteiger partial charge on any atom is -0.364 e. The lowest BCUT2D eigenvalue weighted by Crippen LogP contribution is -2.59. The van der Waals surface area contributed by atoms with Crippen LogP contribution in [0.3, 0.4) is 0 Å². The van der Waals surface area contributed by atoms with E-state index in [0.29, 0.717) is 29.9 Å². The Labute approximate surface area is 212 Å². The average Bonchev–Trinajstić information content (AvgIpc) is 2.90. The van der Waals surface area contributed by atoms with Crippen molar-refractivity contribution in [2.24, 2.45) is 5.92 Å². The molecule has 0 unspecified atom stereocenters. The van der Waals surface area contributed by atoms with Crippen LogP contribution in [0, 0.1) is 17.2 Å². The number of pyridine rings is 2. The molecule has 1 aromatic carbocycles. The van der Waals surface area contributed by atoms with Crippen molar-refractivity contribution in [3.63, 3.8) is 0 Å². The van der Waals surface area contributed by atoms with Crippen LogP contribution in [0.15, 0.2) is 48.8 Å². The first kappa shape index (κ1) is 23.9. The van der Waals surface area contributed by atoms with Gasteiger partial charge >= 0.3 is 6.03 Å². The van der Waals surface area contributed by atoms with E-state index >= 15 is 0 Å². The van der Waals surface area contributed by atoms with Crippen molar-refractivity contribution < 1.29 is 4.79 Å². The SMILES string of the molecule is CC1CCN(c2ccc(NC(=O)N3C[C@H](C)N(c4ccc(C#N)c5ncccc45)C[C@H]3C)cn2)CC1. The molecule has 0 radical (unpaired) electrons. The molecule has 8 heteroatoms. The van der Waals surface area contributed by atoms with E-state index in [-0.39, 0.29) is 18.1 Å². The van der Waals surface area contributed by atoms with E-state index in [2.05, 4.69) is 51.9 Å². The monoisotopic (exact) mass is 483 g/mol. The number of anilines is 3. The number of carbonyl (C=O) groups is 1. The van der Waals surface area contributed by atoms with Crippen molar-refractivity contribution in [2.45, 2.75) is 45.7 Å².